The largest absolute Gasteiger partial charge is 0.383 e. The first-order chi connectivity index (χ1) is 15.4. The number of H-pyrrole nitrogens is 1. The molecule has 0 aliphatic heterocycles. The fraction of sp³-hybridized carbons (Fsp3) is 0.136. The second-order valence-corrected chi connectivity index (χ2v) is 7.22. The molecular formula is C22H21N7O3. The number of carbonyl (C=O) groups excluding carboxylic acids is 1. The standard InChI is InChI=1S/C22H21N7O3/c1-27(21(31)17-9-7-16(8-10-17)11-28-14-24-13-25-28)18-19(23)29(22(32)26-20(18)30)12-15-5-3-2-4-6-15/h2-10,13-14H,11-12,23H2,1H3,(H,26,30,32). The topological polar surface area (TPSA) is 132 Å². The number of hydrogen-bond donors (Lipinski definition) is 2. The Morgan fingerprint density at radius 1 is 1.03 bits per heavy atom. The Labute approximate surface area is 182 Å². The molecule has 0 aliphatic carbocycles. The van der Waals surface area contributed by atoms with Gasteiger partial charge in [-0.1, -0.05) is 42.5 Å². The quantitative estimate of drug-likeness (QED) is 0.470. The molecule has 0 radical (unpaired) electrons. The molecule has 0 spiro atoms. The summed E-state index contributed by atoms with van der Waals surface area (Å²) in [5, 5.41) is 4.05. The SMILES string of the molecule is CN(C(=O)c1ccc(Cn2cncn2)cc1)c1c(N)n(Cc2ccccc2)c(=O)[nH]c1=O. The van der Waals surface area contributed by atoms with Crippen LogP contribution in [0.25, 0.3) is 0 Å². The minimum atomic E-state index is -0.726. The number of hydrogen-bond acceptors (Lipinski definition) is 6. The van der Waals surface area contributed by atoms with Gasteiger partial charge in [0.2, 0.25) is 0 Å². The lowest BCUT2D eigenvalue weighted by atomic mass is 10.1. The highest BCUT2D eigenvalue weighted by atomic mass is 16.2. The third-order valence-electron chi connectivity index (χ3n) is 5.05. The lowest BCUT2D eigenvalue weighted by Gasteiger charge is -2.20. The molecule has 10 nitrogen and oxygen atoms in total. The molecule has 1 amide bonds. The Balaban J connectivity index is 1.61. The highest BCUT2D eigenvalue weighted by molar-refractivity contribution is 6.06. The average Bonchev–Trinajstić information content (AvgIpc) is 3.30. The number of nitrogens with two attached hydrogens (primary N) is 1. The van der Waals surface area contributed by atoms with E-state index < -0.39 is 17.2 Å². The summed E-state index contributed by atoms with van der Waals surface area (Å²) in [7, 11) is 1.45. The van der Waals surface area contributed by atoms with Gasteiger partial charge in [0.1, 0.15) is 18.5 Å². The van der Waals surface area contributed by atoms with Gasteiger partial charge in [-0.2, -0.15) is 5.10 Å². The van der Waals surface area contributed by atoms with Gasteiger partial charge in [0.05, 0.1) is 13.1 Å². The fourth-order valence-corrected chi connectivity index (χ4v) is 3.37. The zero-order chi connectivity index (χ0) is 22.7. The molecule has 0 fully saturated rings. The lowest BCUT2D eigenvalue weighted by molar-refractivity contribution is 0.0992. The van der Waals surface area contributed by atoms with E-state index in [1.54, 1.807) is 35.3 Å². The average molecular weight is 431 g/mol. The van der Waals surface area contributed by atoms with Crippen LogP contribution < -0.4 is 21.9 Å². The molecule has 0 saturated carbocycles. The molecule has 3 N–H and O–H groups in total. The summed E-state index contributed by atoms with van der Waals surface area (Å²) in [6, 6.07) is 16.1. The molecule has 4 rings (SSSR count). The van der Waals surface area contributed by atoms with Crippen molar-refractivity contribution in [1.29, 1.82) is 0 Å². The number of aromatic amines is 1. The molecule has 10 heteroatoms. The number of aromatic nitrogens is 5. The molecule has 162 valence electrons. The number of nitrogens with one attached hydrogen (secondary N) is 1. The van der Waals surface area contributed by atoms with Crippen LogP contribution >= 0.6 is 0 Å². The van der Waals surface area contributed by atoms with E-state index in [4.69, 9.17) is 5.73 Å². The number of nitrogens with zero attached hydrogens (tertiary/aromatic N) is 5. The highest BCUT2D eigenvalue weighted by Gasteiger charge is 2.22. The maximum absolute atomic E-state index is 13.0. The van der Waals surface area contributed by atoms with Crippen molar-refractivity contribution < 1.29 is 4.79 Å². The Hall–Kier alpha value is -4.47. The summed E-state index contributed by atoms with van der Waals surface area (Å²) in [6.45, 7) is 0.676. The van der Waals surface area contributed by atoms with Gasteiger partial charge in [-0.05, 0) is 23.3 Å². The van der Waals surface area contributed by atoms with Gasteiger partial charge >= 0.3 is 5.69 Å². The van der Waals surface area contributed by atoms with Crippen molar-refractivity contribution in [2.75, 3.05) is 17.7 Å². The Morgan fingerprint density at radius 2 is 1.72 bits per heavy atom. The first kappa shape index (κ1) is 20.8. The van der Waals surface area contributed by atoms with Crippen molar-refractivity contribution >= 4 is 17.4 Å². The molecule has 4 aromatic rings. The zero-order valence-corrected chi connectivity index (χ0v) is 17.3. The van der Waals surface area contributed by atoms with Crippen LogP contribution in [0.2, 0.25) is 0 Å². The Kier molecular flexibility index (Phi) is 5.67. The van der Waals surface area contributed by atoms with Crippen LogP contribution in [0.4, 0.5) is 11.5 Å². The predicted octanol–water partition coefficient (Wildman–Crippen LogP) is 1.08. The van der Waals surface area contributed by atoms with E-state index in [1.807, 2.05) is 30.3 Å². The summed E-state index contributed by atoms with van der Waals surface area (Å²) >= 11 is 0. The lowest BCUT2D eigenvalue weighted by Crippen LogP contribution is -2.39. The normalized spacial score (nSPS) is 10.8. The second-order valence-electron chi connectivity index (χ2n) is 7.22. The Bertz CT molecular complexity index is 1340. The van der Waals surface area contributed by atoms with Gasteiger partial charge in [0, 0.05) is 12.6 Å². The summed E-state index contributed by atoms with van der Waals surface area (Å²) in [5.41, 5.74) is 6.86. The molecule has 32 heavy (non-hydrogen) atoms. The fourth-order valence-electron chi connectivity index (χ4n) is 3.37. The highest BCUT2D eigenvalue weighted by Crippen LogP contribution is 2.19. The van der Waals surface area contributed by atoms with Crippen LogP contribution in [0.1, 0.15) is 21.5 Å². The predicted molar refractivity (Wildman–Crippen MR) is 120 cm³/mol. The van der Waals surface area contributed by atoms with E-state index in [-0.39, 0.29) is 18.1 Å². The molecule has 0 bridgehead atoms. The van der Waals surface area contributed by atoms with Crippen LogP contribution in [0.5, 0.6) is 0 Å². The third kappa shape index (κ3) is 4.19. The number of benzene rings is 2. The molecule has 0 saturated heterocycles. The van der Waals surface area contributed by atoms with E-state index >= 15 is 0 Å². The smallest absolute Gasteiger partial charge is 0.330 e. The summed E-state index contributed by atoms with van der Waals surface area (Å²) in [5.74, 6) is -0.513. The summed E-state index contributed by atoms with van der Waals surface area (Å²) in [4.78, 5) is 45.2. The number of carbonyl (C=O) groups is 1. The first-order valence-electron chi connectivity index (χ1n) is 9.80. The third-order valence-corrected chi connectivity index (χ3v) is 5.05. The maximum Gasteiger partial charge on any atom is 0.330 e. The van der Waals surface area contributed by atoms with Crippen molar-refractivity contribution in [3.8, 4) is 0 Å². The number of rotatable bonds is 6. The van der Waals surface area contributed by atoms with Crippen molar-refractivity contribution in [3.05, 3.63) is 105 Å². The Morgan fingerprint density at radius 3 is 2.38 bits per heavy atom. The van der Waals surface area contributed by atoms with Crippen molar-refractivity contribution in [2.24, 2.45) is 0 Å². The molecule has 0 aliphatic rings. The molecule has 2 aromatic carbocycles. The number of amides is 1. The molecular weight excluding hydrogens is 410 g/mol. The van der Waals surface area contributed by atoms with Gasteiger partial charge < -0.3 is 10.6 Å². The van der Waals surface area contributed by atoms with Crippen LogP contribution in [0.3, 0.4) is 0 Å². The molecule has 2 heterocycles. The van der Waals surface area contributed by atoms with E-state index in [1.165, 1.54) is 17.9 Å². The van der Waals surface area contributed by atoms with Gasteiger partial charge in [-0.15, -0.1) is 0 Å². The molecule has 0 atom stereocenters. The monoisotopic (exact) mass is 431 g/mol. The minimum Gasteiger partial charge on any atom is -0.383 e. The van der Waals surface area contributed by atoms with Gasteiger partial charge in [0.25, 0.3) is 11.5 Å². The summed E-state index contributed by atoms with van der Waals surface area (Å²) in [6.07, 6.45) is 3.05. The van der Waals surface area contributed by atoms with Gasteiger partial charge in [-0.25, -0.2) is 14.5 Å². The zero-order valence-electron chi connectivity index (χ0n) is 17.3. The minimum absolute atomic E-state index is 0.0822. The molecule has 0 unspecified atom stereocenters. The second kappa shape index (κ2) is 8.72. The van der Waals surface area contributed by atoms with E-state index in [2.05, 4.69) is 15.1 Å². The van der Waals surface area contributed by atoms with Crippen LogP contribution in [0.15, 0.2) is 76.8 Å². The number of nitrogen functional groups attached to an aromatic ring is 1. The van der Waals surface area contributed by atoms with Gasteiger partial charge in [0.15, 0.2) is 5.69 Å². The maximum atomic E-state index is 13.0. The van der Waals surface area contributed by atoms with Crippen molar-refractivity contribution in [3.63, 3.8) is 0 Å². The first-order valence-corrected chi connectivity index (χ1v) is 9.80. The van der Waals surface area contributed by atoms with Crippen LogP contribution in [-0.4, -0.2) is 37.3 Å². The molecule has 2 aromatic heterocycles. The summed E-state index contributed by atoms with van der Waals surface area (Å²) < 4.78 is 2.90. The van der Waals surface area contributed by atoms with Crippen molar-refractivity contribution in [2.45, 2.75) is 13.1 Å². The van der Waals surface area contributed by atoms with Crippen LogP contribution in [0, 0.1) is 0 Å². The van der Waals surface area contributed by atoms with E-state index in [0.717, 1.165) is 16.0 Å². The van der Waals surface area contributed by atoms with Gasteiger partial charge in [-0.3, -0.25) is 19.1 Å². The van der Waals surface area contributed by atoms with Crippen LogP contribution in [-0.2, 0) is 13.1 Å². The van der Waals surface area contributed by atoms with Crippen molar-refractivity contribution in [1.82, 2.24) is 24.3 Å². The van der Waals surface area contributed by atoms with E-state index in [9.17, 15) is 14.4 Å². The number of anilines is 2. The van der Waals surface area contributed by atoms with E-state index in [0.29, 0.717) is 12.1 Å².